The average molecular weight is 226 g/mol. The molecule has 0 aromatic heterocycles. The van der Waals surface area contributed by atoms with E-state index in [-0.39, 0.29) is 0 Å². The molecule has 0 heterocycles. The molecule has 0 aromatic rings. The lowest BCUT2D eigenvalue weighted by atomic mass is 10.2. The highest BCUT2D eigenvalue weighted by Crippen LogP contribution is 1.96. The van der Waals surface area contributed by atoms with E-state index in [0.717, 1.165) is 5.92 Å². The summed E-state index contributed by atoms with van der Waals surface area (Å²) >= 11 is 0. The number of hydrogen-bond acceptors (Lipinski definition) is 0. The summed E-state index contributed by atoms with van der Waals surface area (Å²) in [6.45, 7) is 19.2. The molecule has 0 aliphatic heterocycles. The lowest BCUT2D eigenvalue weighted by molar-refractivity contribution is 0.737. The molecule has 0 fully saturated rings. The van der Waals surface area contributed by atoms with Crippen molar-refractivity contribution in [2.24, 2.45) is 17.8 Å². The van der Waals surface area contributed by atoms with Crippen molar-refractivity contribution in [1.82, 2.24) is 0 Å². The minimum Gasteiger partial charge on any atom is -0.0820 e. The summed E-state index contributed by atoms with van der Waals surface area (Å²) in [4.78, 5) is 0. The third-order valence-corrected chi connectivity index (χ3v) is 1.10. The fourth-order valence-electron chi connectivity index (χ4n) is 0.573. The van der Waals surface area contributed by atoms with Gasteiger partial charge in [-0.05, 0) is 17.8 Å². The lowest BCUT2D eigenvalue weighted by Crippen LogP contribution is -1.77. The summed E-state index contributed by atoms with van der Waals surface area (Å²) in [5.41, 5.74) is 0. The minimum absolute atomic E-state index is 0.664. The molecule has 0 heteroatoms. The van der Waals surface area contributed by atoms with Crippen molar-refractivity contribution in [3.05, 3.63) is 24.3 Å². The second-order valence-electron chi connectivity index (χ2n) is 4.99. The van der Waals surface area contributed by atoms with Crippen molar-refractivity contribution in [1.29, 1.82) is 0 Å². The fraction of sp³-hybridized carbons (Fsp3) is 0.750. The van der Waals surface area contributed by atoms with Gasteiger partial charge in [-0.15, -0.1) is 0 Å². The van der Waals surface area contributed by atoms with E-state index < -0.39 is 0 Å². The van der Waals surface area contributed by atoms with Gasteiger partial charge in [0.1, 0.15) is 0 Å². The monoisotopic (exact) mass is 226 g/mol. The van der Waals surface area contributed by atoms with Crippen LogP contribution >= 0.6 is 0 Å². The van der Waals surface area contributed by atoms with Gasteiger partial charge in [-0.25, -0.2) is 0 Å². The Kier molecular flexibility index (Phi) is 22.0. The summed E-state index contributed by atoms with van der Waals surface area (Å²) in [7, 11) is 0. The summed E-state index contributed by atoms with van der Waals surface area (Å²) in [5.74, 6) is 2.16. The van der Waals surface area contributed by atoms with E-state index in [2.05, 4.69) is 72.8 Å². The molecule has 0 aliphatic rings. The molecular formula is C16H34. The van der Waals surface area contributed by atoms with Crippen LogP contribution in [0.4, 0.5) is 0 Å². The quantitative estimate of drug-likeness (QED) is 0.510. The third kappa shape index (κ3) is 50.0. The maximum Gasteiger partial charge on any atom is -0.0287 e. The number of allylic oxidation sites excluding steroid dienone is 4. The van der Waals surface area contributed by atoms with Gasteiger partial charge in [-0.3, -0.25) is 0 Å². The van der Waals surface area contributed by atoms with Crippen LogP contribution in [0, 0.1) is 17.8 Å². The molecule has 0 aromatic carbocycles. The standard InChI is InChI=1S/C10H18.C4H10.C2H6/c1-9(2)7-5-6-8-10(3)4;1-4(2)3;1-2/h5-10H,1-4H3;4H,1-3H3;1-2H3/b7-5-,8-6-;;. The second-order valence-corrected chi connectivity index (χ2v) is 4.99. The molecule has 0 bridgehead atoms. The van der Waals surface area contributed by atoms with Crippen LogP contribution in [0.5, 0.6) is 0 Å². The molecule has 98 valence electrons. The van der Waals surface area contributed by atoms with Crippen LogP contribution in [-0.2, 0) is 0 Å². The van der Waals surface area contributed by atoms with E-state index in [1.807, 2.05) is 13.8 Å². The first-order chi connectivity index (χ1) is 7.36. The molecule has 0 rings (SSSR count). The fourth-order valence-corrected chi connectivity index (χ4v) is 0.573. The van der Waals surface area contributed by atoms with Crippen molar-refractivity contribution in [2.45, 2.75) is 62.3 Å². The lowest BCUT2D eigenvalue weighted by Gasteiger charge is -1.91. The average Bonchev–Trinajstić information content (AvgIpc) is 2.14. The minimum atomic E-state index is 0.664. The Hall–Kier alpha value is -0.520. The zero-order valence-corrected chi connectivity index (χ0v) is 13.0. The molecule has 0 saturated heterocycles. The number of hydrogen-bond donors (Lipinski definition) is 0. The smallest absolute Gasteiger partial charge is 0.0287 e. The van der Waals surface area contributed by atoms with Crippen molar-refractivity contribution < 1.29 is 0 Å². The zero-order chi connectivity index (χ0) is 13.6. The molecule has 0 saturated carbocycles. The van der Waals surface area contributed by atoms with Gasteiger partial charge in [0.05, 0.1) is 0 Å². The van der Waals surface area contributed by atoms with Gasteiger partial charge in [-0.2, -0.15) is 0 Å². The highest BCUT2D eigenvalue weighted by molar-refractivity contribution is 5.04. The van der Waals surface area contributed by atoms with Gasteiger partial charge < -0.3 is 0 Å². The Morgan fingerprint density at radius 1 is 0.562 bits per heavy atom. The van der Waals surface area contributed by atoms with Crippen molar-refractivity contribution >= 4 is 0 Å². The van der Waals surface area contributed by atoms with Gasteiger partial charge in [0.15, 0.2) is 0 Å². The Balaban J connectivity index is -0.000000237. The van der Waals surface area contributed by atoms with Crippen LogP contribution in [0.1, 0.15) is 62.3 Å². The van der Waals surface area contributed by atoms with Crippen LogP contribution in [0.2, 0.25) is 0 Å². The first-order valence-corrected chi connectivity index (χ1v) is 6.71. The Morgan fingerprint density at radius 2 is 0.750 bits per heavy atom. The van der Waals surface area contributed by atoms with E-state index in [1.165, 1.54) is 0 Å². The molecular weight excluding hydrogens is 192 g/mol. The first kappa shape index (κ1) is 20.8. The molecule has 0 nitrogen and oxygen atoms in total. The molecule has 0 unspecified atom stereocenters. The van der Waals surface area contributed by atoms with E-state index in [0.29, 0.717) is 11.8 Å². The third-order valence-electron chi connectivity index (χ3n) is 1.10. The van der Waals surface area contributed by atoms with Gasteiger partial charge in [0.2, 0.25) is 0 Å². The SMILES string of the molecule is CC.CC(C)/C=C\C=C/C(C)C.CC(C)C. The van der Waals surface area contributed by atoms with Crippen LogP contribution in [0.25, 0.3) is 0 Å². The molecule has 0 spiro atoms. The van der Waals surface area contributed by atoms with Crippen molar-refractivity contribution in [3.63, 3.8) is 0 Å². The predicted molar refractivity (Wildman–Crippen MR) is 79.8 cm³/mol. The van der Waals surface area contributed by atoms with E-state index >= 15 is 0 Å². The maximum atomic E-state index is 2.19. The van der Waals surface area contributed by atoms with Crippen LogP contribution < -0.4 is 0 Å². The van der Waals surface area contributed by atoms with Crippen molar-refractivity contribution in [3.8, 4) is 0 Å². The topological polar surface area (TPSA) is 0 Å². The Morgan fingerprint density at radius 3 is 0.875 bits per heavy atom. The van der Waals surface area contributed by atoms with E-state index in [1.54, 1.807) is 0 Å². The van der Waals surface area contributed by atoms with Gasteiger partial charge in [0.25, 0.3) is 0 Å². The van der Waals surface area contributed by atoms with Crippen LogP contribution in [0.3, 0.4) is 0 Å². The predicted octanol–water partition coefficient (Wildman–Crippen LogP) is 6.10. The summed E-state index contributed by atoms with van der Waals surface area (Å²) in [6, 6.07) is 0. The molecule has 0 amide bonds. The summed E-state index contributed by atoms with van der Waals surface area (Å²) in [6.07, 6.45) is 8.62. The molecule has 0 radical (unpaired) electrons. The maximum absolute atomic E-state index is 2.19. The second kappa shape index (κ2) is 16.9. The summed E-state index contributed by atoms with van der Waals surface area (Å²) in [5, 5.41) is 0. The number of rotatable bonds is 3. The van der Waals surface area contributed by atoms with Gasteiger partial charge in [-0.1, -0.05) is 86.6 Å². The highest BCUT2D eigenvalue weighted by atomic mass is 13.9. The first-order valence-electron chi connectivity index (χ1n) is 6.71. The van der Waals surface area contributed by atoms with Gasteiger partial charge in [0, 0.05) is 0 Å². The summed E-state index contributed by atoms with van der Waals surface area (Å²) < 4.78 is 0. The van der Waals surface area contributed by atoms with Crippen molar-refractivity contribution in [2.75, 3.05) is 0 Å². The van der Waals surface area contributed by atoms with E-state index in [9.17, 15) is 0 Å². The Bertz CT molecular complexity index is 129. The normalized spacial score (nSPS) is 10.8. The largest absolute Gasteiger partial charge is 0.0820 e. The molecule has 16 heavy (non-hydrogen) atoms. The van der Waals surface area contributed by atoms with Crippen LogP contribution in [0.15, 0.2) is 24.3 Å². The van der Waals surface area contributed by atoms with Crippen LogP contribution in [-0.4, -0.2) is 0 Å². The Labute approximate surface area is 105 Å². The van der Waals surface area contributed by atoms with E-state index in [4.69, 9.17) is 0 Å². The zero-order valence-electron chi connectivity index (χ0n) is 13.0. The molecule has 0 aliphatic carbocycles. The van der Waals surface area contributed by atoms with Gasteiger partial charge >= 0.3 is 0 Å². The highest BCUT2D eigenvalue weighted by Gasteiger charge is 1.81. The molecule has 0 atom stereocenters. The molecule has 0 N–H and O–H groups in total.